The molecule has 1 aliphatic heterocycles. The lowest BCUT2D eigenvalue weighted by atomic mass is 10.0. The van der Waals surface area contributed by atoms with Crippen LogP contribution in [-0.4, -0.2) is 35.2 Å². The van der Waals surface area contributed by atoms with E-state index in [1.165, 1.54) is 4.90 Å². The summed E-state index contributed by atoms with van der Waals surface area (Å²) in [4.78, 5) is 13.8. The largest absolute Gasteiger partial charge is 0.478 e. The molecule has 6 heteroatoms. The van der Waals surface area contributed by atoms with Crippen LogP contribution < -0.4 is 15.0 Å². The quantitative estimate of drug-likeness (QED) is 0.797. The lowest BCUT2D eigenvalue weighted by molar-refractivity contribution is 0.171. The van der Waals surface area contributed by atoms with Gasteiger partial charge < -0.3 is 15.2 Å². The number of aliphatic hydroxyl groups excluding tert-OH is 1. The SMILES string of the molecule is CCC(CO)NC(=O)N1C(=N)C(C)(C)Oc2ccccc21. The number of anilines is 1. The fraction of sp³-hybridized carbons (Fsp3) is 0.467. The van der Waals surface area contributed by atoms with E-state index in [0.717, 1.165) is 0 Å². The summed E-state index contributed by atoms with van der Waals surface area (Å²) in [6.45, 7) is 5.23. The number of rotatable bonds is 3. The number of amidine groups is 1. The first kappa shape index (κ1) is 15.3. The molecular formula is C15H21N3O3. The first-order chi connectivity index (χ1) is 9.90. The van der Waals surface area contributed by atoms with Crippen LogP contribution in [0.3, 0.4) is 0 Å². The van der Waals surface area contributed by atoms with Gasteiger partial charge in [-0.3, -0.25) is 5.41 Å². The van der Waals surface area contributed by atoms with Gasteiger partial charge in [-0.2, -0.15) is 0 Å². The third-order valence-electron chi connectivity index (χ3n) is 3.51. The van der Waals surface area contributed by atoms with Crippen molar-refractivity contribution in [1.29, 1.82) is 5.41 Å². The Hall–Kier alpha value is -2.08. The Morgan fingerprint density at radius 3 is 2.76 bits per heavy atom. The highest BCUT2D eigenvalue weighted by Gasteiger charge is 2.40. The molecule has 1 heterocycles. The van der Waals surface area contributed by atoms with E-state index >= 15 is 0 Å². The molecule has 1 aromatic carbocycles. The molecule has 2 amide bonds. The van der Waals surface area contributed by atoms with Gasteiger partial charge in [0.2, 0.25) is 0 Å². The smallest absolute Gasteiger partial charge is 0.327 e. The molecular weight excluding hydrogens is 270 g/mol. The van der Waals surface area contributed by atoms with E-state index in [9.17, 15) is 9.90 Å². The summed E-state index contributed by atoms with van der Waals surface area (Å²) in [6, 6.07) is 6.36. The van der Waals surface area contributed by atoms with Crippen molar-refractivity contribution in [2.75, 3.05) is 11.5 Å². The summed E-state index contributed by atoms with van der Waals surface area (Å²) in [5.74, 6) is 0.622. The van der Waals surface area contributed by atoms with Crippen LogP contribution in [0, 0.1) is 5.41 Å². The minimum absolute atomic E-state index is 0.0616. The number of carbonyl (C=O) groups excluding carboxylic acids is 1. The van der Waals surface area contributed by atoms with Crippen LogP contribution in [0.25, 0.3) is 0 Å². The second-order valence-corrected chi connectivity index (χ2v) is 5.50. The van der Waals surface area contributed by atoms with Crippen molar-refractivity contribution >= 4 is 17.6 Å². The molecule has 0 fully saturated rings. The molecule has 1 aliphatic rings. The van der Waals surface area contributed by atoms with Gasteiger partial charge in [-0.25, -0.2) is 9.69 Å². The highest BCUT2D eigenvalue weighted by Crippen LogP contribution is 2.37. The van der Waals surface area contributed by atoms with Gasteiger partial charge in [0.1, 0.15) is 5.75 Å². The number of para-hydroxylation sites is 2. The molecule has 0 saturated heterocycles. The van der Waals surface area contributed by atoms with Crippen LogP contribution in [0.1, 0.15) is 27.2 Å². The van der Waals surface area contributed by atoms with E-state index in [0.29, 0.717) is 17.9 Å². The van der Waals surface area contributed by atoms with E-state index in [2.05, 4.69) is 5.32 Å². The highest BCUT2D eigenvalue weighted by atomic mass is 16.5. The maximum atomic E-state index is 12.5. The molecule has 1 aromatic rings. The molecule has 0 bridgehead atoms. The third-order valence-corrected chi connectivity index (χ3v) is 3.51. The average Bonchev–Trinajstić information content (AvgIpc) is 2.45. The number of nitrogens with one attached hydrogen (secondary N) is 2. The number of benzene rings is 1. The van der Waals surface area contributed by atoms with E-state index in [1.54, 1.807) is 32.0 Å². The van der Waals surface area contributed by atoms with Crippen LogP contribution in [-0.2, 0) is 0 Å². The molecule has 1 atom stereocenters. The summed E-state index contributed by atoms with van der Waals surface area (Å²) < 4.78 is 5.77. The van der Waals surface area contributed by atoms with Gasteiger partial charge in [0.05, 0.1) is 18.3 Å². The summed E-state index contributed by atoms with van der Waals surface area (Å²) in [6.07, 6.45) is 0.616. The van der Waals surface area contributed by atoms with Gasteiger partial charge in [0, 0.05) is 0 Å². The minimum Gasteiger partial charge on any atom is -0.478 e. The monoisotopic (exact) mass is 291 g/mol. The van der Waals surface area contributed by atoms with Crippen molar-refractivity contribution in [3.8, 4) is 5.75 Å². The Morgan fingerprint density at radius 1 is 1.48 bits per heavy atom. The molecule has 0 aliphatic carbocycles. The molecule has 1 unspecified atom stereocenters. The maximum absolute atomic E-state index is 12.5. The number of hydrogen-bond acceptors (Lipinski definition) is 4. The summed E-state index contributed by atoms with van der Waals surface area (Å²) in [5, 5.41) is 20.2. The zero-order chi connectivity index (χ0) is 15.6. The van der Waals surface area contributed by atoms with E-state index in [1.807, 2.05) is 13.0 Å². The maximum Gasteiger partial charge on any atom is 0.327 e. The summed E-state index contributed by atoms with van der Waals surface area (Å²) in [7, 11) is 0. The fourth-order valence-electron chi connectivity index (χ4n) is 2.17. The lowest BCUT2D eigenvalue weighted by Gasteiger charge is -2.40. The Labute approximate surface area is 124 Å². The van der Waals surface area contributed by atoms with Crippen LogP contribution in [0.2, 0.25) is 0 Å². The van der Waals surface area contributed by atoms with E-state index in [4.69, 9.17) is 10.1 Å². The predicted octanol–water partition coefficient (Wildman–Crippen LogP) is 2.12. The first-order valence-corrected chi connectivity index (χ1v) is 6.99. The highest BCUT2D eigenvalue weighted by molar-refractivity contribution is 6.20. The minimum atomic E-state index is -0.896. The van der Waals surface area contributed by atoms with Gasteiger partial charge in [-0.15, -0.1) is 0 Å². The molecule has 114 valence electrons. The second-order valence-electron chi connectivity index (χ2n) is 5.50. The van der Waals surface area contributed by atoms with Crippen molar-refractivity contribution in [3.63, 3.8) is 0 Å². The Balaban J connectivity index is 2.36. The number of hydrogen-bond donors (Lipinski definition) is 3. The molecule has 0 radical (unpaired) electrons. The Bertz CT molecular complexity index is 553. The summed E-state index contributed by atoms with van der Waals surface area (Å²) in [5.41, 5.74) is -0.362. The standard InChI is InChI=1S/C15H21N3O3/c1-4-10(9-19)17-14(20)18-11-7-5-6-8-12(11)21-15(2,3)13(18)16/h5-8,10,16,19H,4,9H2,1-3H3,(H,17,20). The molecule has 21 heavy (non-hydrogen) atoms. The molecule has 0 spiro atoms. The van der Waals surface area contributed by atoms with Crippen molar-refractivity contribution < 1.29 is 14.6 Å². The van der Waals surface area contributed by atoms with Crippen LogP contribution in [0.4, 0.5) is 10.5 Å². The number of carbonyl (C=O) groups is 1. The number of aliphatic hydroxyl groups is 1. The zero-order valence-corrected chi connectivity index (χ0v) is 12.5. The van der Waals surface area contributed by atoms with Gasteiger partial charge >= 0.3 is 6.03 Å². The van der Waals surface area contributed by atoms with Crippen molar-refractivity contribution in [3.05, 3.63) is 24.3 Å². The molecule has 0 saturated carbocycles. The number of urea groups is 1. The number of fused-ring (bicyclic) bond motifs is 1. The predicted molar refractivity (Wildman–Crippen MR) is 81.1 cm³/mol. The van der Waals surface area contributed by atoms with Crippen molar-refractivity contribution in [1.82, 2.24) is 5.32 Å². The van der Waals surface area contributed by atoms with Gasteiger partial charge in [0.15, 0.2) is 11.4 Å². The fourth-order valence-corrected chi connectivity index (χ4v) is 2.17. The zero-order valence-electron chi connectivity index (χ0n) is 12.5. The van der Waals surface area contributed by atoms with Crippen LogP contribution >= 0.6 is 0 Å². The van der Waals surface area contributed by atoms with Gasteiger partial charge in [-0.1, -0.05) is 19.1 Å². The lowest BCUT2D eigenvalue weighted by Crippen LogP contribution is -2.58. The number of nitrogens with zero attached hydrogens (tertiary/aromatic N) is 1. The number of amides is 2. The second kappa shape index (κ2) is 5.73. The number of ether oxygens (including phenoxy) is 1. The van der Waals surface area contributed by atoms with Crippen LogP contribution in [0.5, 0.6) is 5.75 Å². The molecule has 2 rings (SSSR count). The van der Waals surface area contributed by atoms with Crippen molar-refractivity contribution in [2.45, 2.75) is 38.8 Å². The molecule has 0 aromatic heterocycles. The molecule has 6 nitrogen and oxygen atoms in total. The van der Waals surface area contributed by atoms with Crippen molar-refractivity contribution in [2.24, 2.45) is 0 Å². The Morgan fingerprint density at radius 2 is 2.14 bits per heavy atom. The average molecular weight is 291 g/mol. The Kier molecular flexibility index (Phi) is 4.18. The first-order valence-electron chi connectivity index (χ1n) is 6.99. The van der Waals surface area contributed by atoms with E-state index < -0.39 is 11.6 Å². The van der Waals surface area contributed by atoms with Gasteiger partial charge in [-0.05, 0) is 32.4 Å². The molecule has 3 N–H and O–H groups in total. The normalized spacial score (nSPS) is 17.7. The van der Waals surface area contributed by atoms with Crippen LogP contribution in [0.15, 0.2) is 24.3 Å². The third kappa shape index (κ3) is 2.85. The summed E-state index contributed by atoms with van der Waals surface area (Å²) >= 11 is 0. The van der Waals surface area contributed by atoms with E-state index in [-0.39, 0.29) is 18.5 Å². The topological polar surface area (TPSA) is 85.7 Å². The van der Waals surface area contributed by atoms with Gasteiger partial charge in [0.25, 0.3) is 0 Å².